The van der Waals surface area contributed by atoms with Gasteiger partial charge in [0.1, 0.15) is 18.0 Å². The second-order valence-electron chi connectivity index (χ2n) is 6.21. The van der Waals surface area contributed by atoms with Crippen molar-refractivity contribution in [3.63, 3.8) is 0 Å². The third-order valence-electron chi connectivity index (χ3n) is 4.31. The van der Waals surface area contributed by atoms with E-state index in [0.717, 1.165) is 33.5 Å². The number of benzene rings is 3. The van der Waals surface area contributed by atoms with Crippen molar-refractivity contribution in [2.75, 3.05) is 5.43 Å². The maximum absolute atomic E-state index is 10.5. The predicted octanol–water partition coefficient (Wildman–Crippen LogP) is 5.59. The highest BCUT2D eigenvalue weighted by Gasteiger charge is 2.08. The lowest BCUT2D eigenvalue weighted by atomic mass is 10.1. The van der Waals surface area contributed by atoms with E-state index in [-0.39, 0.29) is 0 Å². The molecule has 1 heterocycles. The number of H-pyrrole nitrogens is 1. The fourth-order valence-electron chi connectivity index (χ4n) is 2.91. The average Bonchev–Trinajstić information content (AvgIpc) is 3.17. The number of hydrogen-bond donors (Lipinski definition) is 2. The maximum Gasteiger partial charge on any atom is 0.129 e. The molecule has 0 saturated carbocycles. The summed E-state index contributed by atoms with van der Waals surface area (Å²) < 4.78 is 6.05. The lowest BCUT2D eigenvalue weighted by molar-refractivity contribution is 0.310. The molecule has 4 rings (SSSR count). The summed E-state index contributed by atoms with van der Waals surface area (Å²) in [5.74, 6) is 0.797. The molecule has 3 aromatic carbocycles. The molecule has 0 bridgehead atoms. The summed E-state index contributed by atoms with van der Waals surface area (Å²) >= 11 is 0. The van der Waals surface area contributed by atoms with E-state index in [9.17, 15) is 4.91 Å². The molecular weight excluding hydrogens is 352 g/mol. The molecule has 0 fully saturated rings. The molecule has 0 aliphatic heterocycles. The number of ether oxygens (including phenoxy) is 1. The third-order valence-corrected chi connectivity index (χ3v) is 4.31. The summed E-state index contributed by atoms with van der Waals surface area (Å²) in [5.41, 5.74) is 7.10. The quantitative estimate of drug-likeness (QED) is 0.253. The Bertz CT molecular complexity index is 1100. The number of aromatic amines is 1. The molecule has 138 valence electrons. The largest absolute Gasteiger partial charge is 0.488 e. The van der Waals surface area contributed by atoms with Crippen LogP contribution in [0.15, 0.2) is 89.3 Å². The van der Waals surface area contributed by atoms with Crippen LogP contribution in [0.25, 0.3) is 10.9 Å². The van der Waals surface area contributed by atoms with Crippen molar-refractivity contribution in [3.05, 3.63) is 95.0 Å². The van der Waals surface area contributed by atoms with Crippen molar-refractivity contribution < 1.29 is 4.74 Å². The minimum absolute atomic E-state index is 0.381. The molecule has 4 aromatic rings. The first-order valence-corrected chi connectivity index (χ1v) is 8.83. The van der Waals surface area contributed by atoms with E-state index < -0.39 is 0 Å². The zero-order valence-electron chi connectivity index (χ0n) is 15.0. The van der Waals surface area contributed by atoms with Gasteiger partial charge in [0.2, 0.25) is 0 Å². The maximum atomic E-state index is 10.5. The normalized spacial score (nSPS) is 11.0. The Hall–Kier alpha value is -3.93. The van der Waals surface area contributed by atoms with Crippen LogP contribution in [0.5, 0.6) is 5.75 Å². The number of aromatic nitrogens is 1. The van der Waals surface area contributed by atoms with Crippen LogP contribution in [-0.4, -0.2) is 11.2 Å². The van der Waals surface area contributed by atoms with Crippen molar-refractivity contribution >= 4 is 28.5 Å². The second-order valence-corrected chi connectivity index (χ2v) is 6.21. The predicted molar refractivity (Wildman–Crippen MR) is 112 cm³/mol. The lowest BCUT2D eigenvalue weighted by Crippen LogP contribution is -1.96. The molecule has 0 aliphatic carbocycles. The van der Waals surface area contributed by atoms with E-state index in [1.165, 1.54) is 0 Å². The van der Waals surface area contributed by atoms with Crippen LogP contribution in [0.4, 0.5) is 11.4 Å². The molecule has 28 heavy (non-hydrogen) atoms. The number of anilines is 1. The lowest BCUT2D eigenvalue weighted by Gasteiger charge is -2.08. The standard InChI is InChI=1S/C22H18N4O2/c27-26-19-11-9-18(10-12-19)25-24-14-17-13-23-20-7-4-8-21(22(17)20)28-15-16-5-2-1-3-6-16/h1-14,23,25H,15H2/b24-14+. The minimum Gasteiger partial charge on any atom is -0.488 e. The molecule has 0 aliphatic rings. The second kappa shape index (κ2) is 8.18. The van der Waals surface area contributed by atoms with Gasteiger partial charge in [-0.2, -0.15) is 5.10 Å². The Morgan fingerprint density at radius 3 is 2.57 bits per heavy atom. The first-order valence-electron chi connectivity index (χ1n) is 8.83. The van der Waals surface area contributed by atoms with Gasteiger partial charge in [-0.05, 0) is 47.1 Å². The van der Waals surface area contributed by atoms with E-state index in [4.69, 9.17) is 4.74 Å². The zero-order chi connectivity index (χ0) is 19.2. The fraction of sp³-hybridized carbons (Fsp3) is 0.0455. The zero-order valence-corrected chi connectivity index (χ0v) is 15.0. The van der Waals surface area contributed by atoms with Crippen molar-refractivity contribution in [2.45, 2.75) is 6.61 Å². The molecule has 6 nitrogen and oxygen atoms in total. The van der Waals surface area contributed by atoms with Gasteiger partial charge in [-0.3, -0.25) is 5.43 Å². The average molecular weight is 370 g/mol. The minimum atomic E-state index is 0.381. The van der Waals surface area contributed by atoms with E-state index in [2.05, 4.69) is 20.7 Å². The number of nitrogens with one attached hydrogen (secondary N) is 2. The summed E-state index contributed by atoms with van der Waals surface area (Å²) in [6, 6.07) is 22.7. The number of hydrazone groups is 1. The Morgan fingerprint density at radius 2 is 1.79 bits per heavy atom. The molecular formula is C22H18N4O2. The number of nitroso groups, excluding NO2 is 1. The molecule has 0 unspecified atom stereocenters. The van der Waals surface area contributed by atoms with Crippen molar-refractivity contribution in [1.82, 2.24) is 4.98 Å². The molecule has 2 N–H and O–H groups in total. The van der Waals surface area contributed by atoms with Gasteiger partial charge in [-0.1, -0.05) is 36.4 Å². The van der Waals surface area contributed by atoms with E-state index in [1.807, 2.05) is 54.7 Å². The molecule has 0 radical (unpaired) electrons. The van der Waals surface area contributed by atoms with E-state index >= 15 is 0 Å². The van der Waals surface area contributed by atoms with Gasteiger partial charge in [0.25, 0.3) is 0 Å². The van der Waals surface area contributed by atoms with Crippen LogP contribution in [-0.2, 0) is 6.61 Å². The molecule has 0 spiro atoms. The SMILES string of the molecule is O=Nc1ccc(N/N=C/c2c[nH]c3cccc(OCc4ccccc4)c23)cc1. The number of nitrogens with zero attached hydrogens (tertiary/aromatic N) is 2. The van der Waals surface area contributed by atoms with E-state index in [0.29, 0.717) is 12.3 Å². The van der Waals surface area contributed by atoms with Crippen LogP contribution in [0, 0.1) is 4.91 Å². The molecule has 6 heteroatoms. The van der Waals surface area contributed by atoms with Crippen LogP contribution >= 0.6 is 0 Å². The molecule has 0 atom stereocenters. The van der Waals surface area contributed by atoms with Crippen molar-refractivity contribution in [2.24, 2.45) is 10.3 Å². The highest BCUT2D eigenvalue weighted by molar-refractivity contribution is 6.02. The third kappa shape index (κ3) is 3.91. The molecule has 1 aromatic heterocycles. The van der Waals surface area contributed by atoms with Crippen LogP contribution in [0.1, 0.15) is 11.1 Å². The Balaban J connectivity index is 1.52. The Morgan fingerprint density at radius 1 is 0.964 bits per heavy atom. The number of fused-ring (bicyclic) bond motifs is 1. The van der Waals surface area contributed by atoms with Gasteiger partial charge in [-0.15, -0.1) is 4.91 Å². The van der Waals surface area contributed by atoms with Crippen LogP contribution in [0.3, 0.4) is 0 Å². The van der Waals surface area contributed by atoms with Crippen LogP contribution in [0.2, 0.25) is 0 Å². The first-order chi connectivity index (χ1) is 13.8. The number of hydrogen-bond acceptors (Lipinski definition) is 5. The molecule has 0 amide bonds. The summed E-state index contributed by atoms with van der Waals surface area (Å²) in [6.45, 7) is 0.497. The summed E-state index contributed by atoms with van der Waals surface area (Å²) in [5, 5.41) is 8.15. The monoisotopic (exact) mass is 370 g/mol. The fourth-order valence-corrected chi connectivity index (χ4v) is 2.91. The van der Waals surface area contributed by atoms with Crippen molar-refractivity contribution in [1.29, 1.82) is 0 Å². The van der Waals surface area contributed by atoms with Gasteiger partial charge in [0.05, 0.1) is 17.3 Å². The van der Waals surface area contributed by atoms with Gasteiger partial charge < -0.3 is 9.72 Å². The summed E-state index contributed by atoms with van der Waals surface area (Å²) in [7, 11) is 0. The van der Waals surface area contributed by atoms with Gasteiger partial charge in [-0.25, -0.2) is 0 Å². The summed E-state index contributed by atoms with van der Waals surface area (Å²) in [4.78, 5) is 13.7. The van der Waals surface area contributed by atoms with Gasteiger partial charge in [0.15, 0.2) is 0 Å². The summed E-state index contributed by atoms with van der Waals surface area (Å²) in [6.07, 6.45) is 3.63. The highest BCUT2D eigenvalue weighted by atomic mass is 16.5. The van der Waals surface area contributed by atoms with Crippen LogP contribution < -0.4 is 10.2 Å². The van der Waals surface area contributed by atoms with Gasteiger partial charge >= 0.3 is 0 Å². The van der Waals surface area contributed by atoms with Gasteiger partial charge in [0, 0.05) is 17.3 Å². The Labute approximate surface area is 161 Å². The van der Waals surface area contributed by atoms with E-state index in [1.54, 1.807) is 30.5 Å². The topological polar surface area (TPSA) is 78.8 Å². The highest BCUT2D eigenvalue weighted by Crippen LogP contribution is 2.28. The first kappa shape index (κ1) is 17.5. The molecule has 0 saturated heterocycles. The Kier molecular flexibility index (Phi) is 5.11. The smallest absolute Gasteiger partial charge is 0.129 e. The van der Waals surface area contributed by atoms with Crippen molar-refractivity contribution in [3.8, 4) is 5.75 Å². The number of rotatable bonds is 7.